The van der Waals surface area contributed by atoms with Crippen molar-refractivity contribution in [2.75, 3.05) is 72.5 Å². The molecule has 0 saturated carbocycles. The van der Waals surface area contributed by atoms with Crippen LogP contribution in [0.1, 0.15) is 0 Å². The Morgan fingerprint density at radius 3 is 1.11 bits per heavy atom. The molecule has 4 aliphatic rings. The van der Waals surface area contributed by atoms with Crippen LogP contribution in [0.25, 0.3) is 0 Å². The molecule has 0 bridgehead atoms. The zero-order chi connectivity index (χ0) is 25.7. The largest absolute Gasteiger partial charge is 0.394 e. The lowest BCUT2D eigenvalue weighted by Gasteiger charge is -2.46. The third kappa shape index (κ3) is 7.57. The number of rotatable bonds is 14. The average molecular weight is 517 g/mol. The number of aliphatic hydroxyl groups excluding tert-OH is 3. The predicted octanol–water partition coefficient (Wildman–Crippen LogP) is 0.886. The molecule has 4 atom stereocenters. The van der Waals surface area contributed by atoms with Gasteiger partial charge in [0.15, 0.2) is 0 Å². The predicted molar refractivity (Wildman–Crippen MR) is 140 cm³/mol. The number of ether oxygens (including phenoxy) is 4. The van der Waals surface area contributed by atoms with Crippen molar-refractivity contribution < 1.29 is 34.3 Å². The molecule has 0 aromatic heterocycles. The van der Waals surface area contributed by atoms with Crippen LogP contribution in [0, 0.1) is 0 Å². The van der Waals surface area contributed by atoms with E-state index >= 15 is 0 Å². The second-order valence-electron chi connectivity index (χ2n) is 10.7. The molecule has 6 rings (SSSR count). The minimum atomic E-state index is -0.954. The van der Waals surface area contributed by atoms with Crippen molar-refractivity contribution in [1.82, 2.24) is 8.97 Å². The molecule has 9 nitrogen and oxygen atoms in total. The van der Waals surface area contributed by atoms with Crippen LogP contribution in [0.5, 0.6) is 0 Å². The molecule has 4 saturated heterocycles. The van der Waals surface area contributed by atoms with E-state index in [0.717, 1.165) is 68.2 Å². The van der Waals surface area contributed by atoms with E-state index in [1.54, 1.807) is 0 Å². The lowest BCUT2D eigenvalue weighted by atomic mass is 10.1. The van der Waals surface area contributed by atoms with Gasteiger partial charge in [0.05, 0.1) is 39.6 Å². The summed E-state index contributed by atoms with van der Waals surface area (Å²) in [5.74, 6) is 0. The average Bonchev–Trinajstić information content (AvgIpc) is 3.74. The number of hydrogen-bond donors (Lipinski definition) is 3. The Morgan fingerprint density at radius 2 is 0.892 bits per heavy atom. The Kier molecular flexibility index (Phi) is 8.55. The first kappa shape index (κ1) is 26.7. The molecule has 4 heterocycles. The smallest absolute Gasteiger partial charge is 0.217 e. The molecule has 3 N–H and O–H groups in total. The molecule has 0 amide bonds. The Morgan fingerprint density at radius 1 is 0.595 bits per heavy atom. The molecule has 4 unspecified atom stereocenters. The van der Waals surface area contributed by atoms with Gasteiger partial charge in [0.25, 0.3) is 0 Å². The zero-order valence-corrected chi connectivity index (χ0v) is 21.3. The number of para-hydroxylation sites is 2. The van der Waals surface area contributed by atoms with Gasteiger partial charge < -0.3 is 34.3 Å². The van der Waals surface area contributed by atoms with Gasteiger partial charge in [-0.1, -0.05) is 36.4 Å². The van der Waals surface area contributed by atoms with Crippen LogP contribution in [-0.2, 0) is 18.9 Å². The second kappa shape index (κ2) is 11.9. The van der Waals surface area contributed by atoms with E-state index in [0.29, 0.717) is 24.4 Å². The standard InChI is InChI=1S/C25H32N2O4.C3H8O3/c1-3-7-20(8-4-1)26(11-22-15-28-22,12-23-16-29-23)19-27(13-24-17-30-24,14-25-18-31-25)21-9-5-2-6-10-21;4-1-3(6)2-5/h1-10,22-25H,11-19H2;3-6H,1-2H2/q+2;. The monoisotopic (exact) mass is 516 g/mol. The molecule has 202 valence electrons. The van der Waals surface area contributed by atoms with Crippen molar-refractivity contribution >= 4 is 11.4 Å². The van der Waals surface area contributed by atoms with Gasteiger partial charge in [-0.05, 0) is 24.3 Å². The van der Waals surface area contributed by atoms with Gasteiger partial charge in [-0.3, -0.25) is 0 Å². The summed E-state index contributed by atoms with van der Waals surface area (Å²) in [6, 6.07) is 22.0. The number of hydrogen-bond acceptors (Lipinski definition) is 7. The lowest BCUT2D eigenvalue weighted by molar-refractivity contribution is 0.0450. The molecular formula is C28H40N2O7+2. The number of quaternary nitrogens is 2. The summed E-state index contributed by atoms with van der Waals surface area (Å²) in [4.78, 5) is 0. The fourth-order valence-corrected chi connectivity index (χ4v) is 5.28. The van der Waals surface area contributed by atoms with Gasteiger partial charge in [0.1, 0.15) is 68.1 Å². The number of nitrogens with zero attached hydrogens (tertiary/aromatic N) is 2. The molecule has 4 fully saturated rings. The highest BCUT2D eigenvalue weighted by Gasteiger charge is 2.53. The number of aliphatic hydroxyl groups is 3. The van der Waals surface area contributed by atoms with E-state index in [9.17, 15) is 0 Å². The third-order valence-electron chi connectivity index (χ3n) is 7.39. The van der Waals surface area contributed by atoms with Crippen molar-refractivity contribution in [1.29, 1.82) is 0 Å². The highest BCUT2D eigenvalue weighted by atomic mass is 16.6. The van der Waals surface area contributed by atoms with E-state index in [4.69, 9.17) is 34.3 Å². The van der Waals surface area contributed by atoms with E-state index in [2.05, 4.69) is 60.7 Å². The SMILES string of the molecule is OCC(O)CO.c1ccc([N+](CC2CO2)(CC2CO2)C[N+](CC2CO2)(CC2CO2)c2ccccc2)cc1. The quantitative estimate of drug-likeness (QED) is 0.194. The minimum absolute atomic E-state index is 0.325. The third-order valence-corrected chi connectivity index (χ3v) is 7.39. The van der Waals surface area contributed by atoms with Gasteiger partial charge in [-0.2, -0.15) is 0 Å². The van der Waals surface area contributed by atoms with E-state index in [1.807, 2.05) is 0 Å². The first-order valence-corrected chi connectivity index (χ1v) is 13.2. The second-order valence-corrected chi connectivity index (χ2v) is 10.7. The molecule has 2 aromatic rings. The lowest BCUT2D eigenvalue weighted by Crippen LogP contribution is -2.68. The summed E-state index contributed by atoms with van der Waals surface area (Å²) in [5, 5.41) is 24.0. The molecule has 0 spiro atoms. The summed E-state index contributed by atoms with van der Waals surface area (Å²) < 4.78 is 24.9. The van der Waals surface area contributed by atoms with E-state index in [1.165, 1.54) is 11.4 Å². The maximum atomic E-state index is 8.17. The van der Waals surface area contributed by atoms with Crippen LogP contribution in [0.3, 0.4) is 0 Å². The van der Waals surface area contributed by atoms with Gasteiger partial charge in [0.2, 0.25) is 6.67 Å². The minimum Gasteiger partial charge on any atom is -0.394 e. The summed E-state index contributed by atoms with van der Waals surface area (Å²) in [5.41, 5.74) is 2.70. The van der Waals surface area contributed by atoms with Crippen molar-refractivity contribution in [3.63, 3.8) is 0 Å². The first-order valence-electron chi connectivity index (χ1n) is 13.2. The molecule has 4 aliphatic heterocycles. The fraction of sp³-hybridized carbons (Fsp3) is 0.571. The summed E-state index contributed by atoms with van der Waals surface area (Å²) in [6.07, 6.45) is 0.346. The van der Waals surface area contributed by atoms with Crippen LogP contribution >= 0.6 is 0 Å². The van der Waals surface area contributed by atoms with E-state index < -0.39 is 6.10 Å². The Labute approximate surface area is 218 Å². The van der Waals surface area contributed by atoms with Crippen LogP contribution in [-0.4, -0.2) is 118 Å². The van der Waals surface area contributed by atoms with Crippen LogP contribution in [0.15, 0.2) is 60.7 Å². The molecule has 0 aliphatic carbocycles. The summed E-state index contributed by atoms with van der Waals surface area (Å²) >= 11 is 0. The Hall–Kier alpha value is -1.92. The molecular weight excluding hydrogens is 476 g/mol. The van der Waals surface area contributed by atoms with Gasteiger partial charge in [-0.25, -0.2) is 8.97 Å². The molecule has 9 heteroatoms. The van der Waals surface area contributed by atoms with Crippen LogP contribution in [0.4, 0.5) is 11.4 Å². The topological polar surface area (TPSA) is 111 Å². The maximum Gasteiger partial charge on any atom is 0.217 e. The Balaban J connectivity index is 0.000000421. The zero-order valence-electron chi connectivity index (χ0n) is 21.3. The van der Waals surface area contributed by atoms with Gasteiger partial charge in [0, 0.05) is 0 Å². The molecule has 0 radical (unpaired) electrons. The van der Waals surface area contributed by atoms with Crippen molar-refractivity contribution in [2.24, 2.45) is 0 Å². The summed E-state index contributed by atoms with van der Waals surface area (Å²) in [6.45, 7) is 7.59. The van der Waals surface area contributed by atoms with Crippen LogP contribution in [0.2, 0.25) is 0 Å². The van der Waals surface area contributed by atoms with Crippen LogP contribution < -0.4 is 8.97 Å². The van der Waals surface area contributed by atoms with Gasteiger partial charge in [-0.15, -0.1) is 0 Å². The normalized spacial score (nSPS) is 28.4. The van der Waals surface area contributed by atoms with Gasteiger partial charge >= 0.3 is 0 Å². The maximum absolute atomic E-state index is 8.17. The fourth-order valence-electron chi connectivity index (χ4n) is 5.28. The number of epoxide rings is 4. The molecule has 37 heavy (non-hydrogen) atoms. The van der Waals surface area contributed by atoms with E-state index in [-0.39, 0.29) is 13.2 Å². The van der Waals surface area contributed by atoms with Crippen molar-refractivity contribution in [2.45, 2.75) is 30.5 Å². The number of benzene rings is 2. The molecule has 2 aromatic carbocycles. The Bertz CT molecular complexity index is 858. The highest BCUT2D eigenvalue weighted by molar-refractivity contribution is 5.48. The van der Waals surface area contributed by atoms with Crippen molar-refractivity contribution in [3.8, 4) is 0 Å². The highest BCUT2D eigenvalue weighted by Crippen LogP contribution is 2.37. The first-order chi connectivity index (χ1) is 18.0. The van der Waals surface area contributed by atoms with Crippen molar-refractivity contribution in [3.05, 3.63) is 60.7 Å². The summed E-state index contributed by atoms with van der Waals surface area (Å²) in [7, 11) is 0.